The number of benzene rings is 2. The van der Waals surface area contributed by atoms with Crippen LogP contribution in [0, 0.1) is 0 Å². The minimum absolute atomic E-state index is 0.114. The molecule has 1 aliphatic heterocycles. The fourth-order valence-electron chi connectivity index (χ4n) is 2.88. The van der Waals surface area contributed by atoms with E-state index in [0.29, 0.717) is 10.7 Å². The summed E-state index contributed by atoms with van der Waals surface area (Å²) in [5, 5.41) is 2.54. The summed E-state index contributed by atoms with van der Waals surface area (Å²) < 4.78 is 0. The van der Waals surface area contributed by atoms with E-state index < -0.39 is 0 Å². The maximum absolute atomic E-state index is 12.6. The molecule has 0 saturated carbocycles. The Morgan fingerprint density at radius 2 is 1.74 bits per heavy atom. The summed E-state index contributed by atoms with van der Waals surface area (Å²) in [4.78, 5) is 26.1. The molecule has 2 unspecified atom stereocenters. The van der Waals surface area contributed by atoms with Crippen LogP contribution in [0.2, 0.25) is 5.02 Å². The number of carbonyl (C=O) groups excluding carboxylic acids is 2. The van der Waals surface area contributed by atoms with Crippen LogP contribution in [0.4, 0.5) is 5.69 Å². The van der Waals surface area contributed by atoms with Crippen LogP contribution in [0.1, 0.15) is 24.9 Å². The molecule has 2 aromatic rings. The normalized spacial score (nSPS) is 19.2. The van der Waals surface area contributed by atoms with E-state index in [2.05, 4.69) is 0 Å². The first-order chi connectivity index (χ1) is 11.1. The second-order valence-electron chi connectivity index (χ2n) is 5.75. The van der Waals surface area contributed by atoms with Gasteiger partial charge in [0.05, 0.1) is 12.1 Å². The van der Waals surface area contributed by atoms with E-state index in [1.807, 2.05) is 42.6 Å². The molecule has 0 aliphatic carbocycles. The summed E-state index contributed by atoms with van der Waals surface area (Å²) in [5.74, 6) is -0.334. The average molecular weight is 330 g/mol. The van der Waals surface area contributed by atoms with Gasteiger partial charge in [0.2, 0.25) is 5.91 Å². The summed E-state index contributed by atoms with van der Waals surface area (Å²) >= 11 is 5.86. The van der Waals surface area contributed by atoms with E-state index in [0.717, 1.165) is 5.56 Å². The first-order valence-corrected chi connectivity index (χ1v) is 7.96. The topological polar surface area (TPSA) is 54.0 Å². The fourth-order valence-corrected chi connectivity index (χ4v) is 3.01. The Balaban J connectivity index is 1.75. The van der Waals surface area contributed by atoms with Gasteiger partial charge in [-0.1, -0.05) is 41.9 Å². The third-order valence-electron chi connectivity index (χ3n) is 4.11. The molecule has 0 aromatic heterocycles. The Bertz CT molecular complexity index is 716. The Kier molecular flexibility index (Phi) is 4.46. The molecular weight excluding hydrogens is 312 g/mol. The van der Waals surface area contributed by atoms with Gasteiger partial charge in [0.25, 0.3) is 5.91 Å². The Morgan fingerprint density at radius 3 is 2.39 bits per heavy atom. The Morgan fingerprint density at radius 1 is 1.09 bits per heavy atom. The number of rotatable bonds is 4. The van der Waals surface area contributed by atoms with Gasteiger partial charge in [-0.3, -0.25) is 9.59 Å². The van der Waals surface area contributed by atoms with Crippen molar-refractivity contribution in [3.8, 4) is 0 Å². The summed E-state index contributed by atoms with van der Waals surface area (Å²) in [6.45, 7) is 2.04. The maximum Gasteiger partial charge on any atom is 0.292 e. The van der Waals surface area contributed by atoms with Gasteiger partial charge in [-0.25, -0.2) is 4.90 Å². The van der Waals surface area contributed by atoms with Crippen molar-refractivity contribution in [2.75, 3.05) is 4.90 Å². The molecule has 2 aromatic carbocycles. The van der Waals surface area contributed by atoms with E-state index in [1.165, 1.54) is 4.90 Å². The smallest absolute Gasteiger partial charge is 0.292 e. The molecule has 23 heavy (non-hydrogen) atoms. The highest BCUT2D eigenvalue weighted by Gasteiger charge is 2.43. The summed E-state index contributed by atoms with van der Waals surface area (Å²) in [7, 11) is 0. The molecule has 2 amide bonds. The Labute approximate surface area is 140 Å². The molecule has 0 bridgehead atoms. The second kappa shape index (κ2) is 6.52. The van der Waals surface area contributed by atoms with E-state index >= 15 is 0 Å². The van der Waals surface area contributed by atoms with Crippen LogP contribution in [-0.2, 0) is 9.59 Å². The van der Waals surface area contributed by atoms with Crippen molar-refractivity contribution < 1.29 is 14.9 Å². The van der Waals surface area contributed by atoms with Gasteiger partial charge >= 0.3 is 0 Å². The highest BCUT2D eigenvalue weighted by atomic mass is 35.5. The minimum atomic E-state index is -0.381. The van der Waals surface area contributed by atoms with Crippen LogP contribution in [-0.4, -0.2) is 17.9 Å². The van der Waals surface area contributed by atoms with Crippen molar-refractivity contribution in [3.05, 3.63) is 65.2 Å². The lowest BCUT2D eigenvalue weighted by Gasteiger charge is -2.16. The van der Waals surface area contributed by atoms with Gasteiger partial charge in [-0.15, -0.1) is 0 Å². The summed E-state index contributed by atoms with van der Waals surface area (Å²) in [6, 6.07) is 16.4. The highest BCUT2D eigenvalue weighted by molar-refractivity contribution is 6.30. The second-order valence-corrected chi connectivity index (χ2v) is 6.18. The van der Waals surface area contributed by atoms with Crippen LogP contribution in [0.25, 0.3) is 0 Å². The number of nitrogens with zero attached hydrogens (tertiary/aromatic N) is 1. The van der Waals surface area contributed by atoms with Gasteiger partial charge in [-0.05, 0) is 31.2 Å². The van der Waals surface area contributed by atoms with Gasteiger partial charge in [0.1, 0.15) is 6.04 Å². The summed E-state index contributed by atoms with van der Waals surface area (Å²) in [5.41, 5.74) is 1.71. The molecule has 2 N–H and O–H groups in total. The number of amides is 2. The number of hydrogen-bond acceptors (Lipinski definition) is 2. The minimum Gasteiger partial charge on any atom is -0.330 e. The van der Waals surface area contributed by atoms with Gasteiger partial charge in [0.15, 0.2) is 6.04 Å². The van der Waals surface area contributed by atoms with Crippen LogP contribution in [0.3, 0.4) is 0 Å². The lowest BCUT2D eigenvalue weighted by atomic mass is 10.1. The van der Waals surface area contributed by atoms with Crippen molar-refractivity contribution in [1.82, 2.24) is 0 Å². The first-order valence-electron chi connectivity index (χ1n) is 7.58. The van der Waals surface area contributed by atoms with Gasteiger partial charge in [0, 0.05) is 10.6 Å². The molecule has 118 valence electrons. The monoisotopic (exact) mass is 329 g/mol. The summed E-state index contributed by atoms with van der Waals surface area (Å²) in [6.07, 6.45) is 0.221. The first kappa shape index (κ1) is 15.7. The average Bonchev–Trinajstić information content (AvgIpc) is 2.83. The third kappa shape index (κ3) is 3.28. The van der Waals surface area contributed by atoms with Crippen LogP contribution in [0.5, 0.6) is 0 Å². The molecule has 1 heterocycles. The predicted molar refractivity (Wildman–Crippen MR) is 89.1 cm³/mol. The SMILES string of the molecule is CC([NH2+]C1CC(=O)N(c2ccc(Cl)cc2)C1=O)c1ccccc1. The number of quaternary nitrogens is 1. The zero-order chi connectivity index (χ0) is 16.4. The van der Waals surface area contributed by atoms with Crippen LogP contribution in [0.15, 0.2) is 54.6 Å². The molecule has 4 nitrogen and oxygen atoms in total. The number of hydrogen-bond donors (Lipinski definition) is 1. The zero-order valence-electron chi connectivity index (χ0n) is 12.8. The fraction of sp³-hybridized carbons (Fsp3) is 0.222. The lowest BCUT2D eigenvalue weighted by molar-refractivity contribution is -0.711. The van der Waals surface area contributed by atoms with Gasteiger partial charge < -0.3 is 5.32 Å². The number of carbonyl (C=O) groups is 2. The van der Waals surface area contributed by atoms with Crippen LogP contribution < -0.4 is 10.2 Å². The van der Waals surface area contributed by atoms with Crippen molar-refractivity contribution in [2.45, 2.75) is 25.4 Å². The van der Waals surface area contributed by atoms with Crippen molar-refractivity contribution in [1.29, 1.82) is 0 Å². The molecule has 1 saturated heterocycles. The molecule has 3 rings (SSSR count). The molecule has 5 heteroatoms. The highest BCUT2D eigenvalue weighted by Crippen LogP contribution is 2.23. The number of anilines is 1. The van der Waals surface area contributed by atoms with E-state index in [1.54, 1.807) is 24.3 Å². The van der Waals surface area contributed by atoms with E-state index in [-0.39, 0.29) is 30.3 Å². The molecule has 1 fully saturated rings. The quantitative estimate of drug-likeness (QED) is 0.875. The molecule has 1 aliphatic rings. The van der Waals surface area contributed by atoms with Crippen molar-refractivity contribution in [3.63, 3.8) is 0 Å². The Hall–Kier alpha value is -2.17. The molecule has 2 atom stereocenters. The van der Waals surface area contributed by atoms with Crippen LogP contribution >= 0.6 is 11.6 Å². The molecular formula is C18H18ClN2O2+. The lowest BCUT2D eigenvalue weighted by Crippen LogP contribution is -2.91. The predicted octanol–water partition coefficient (Wildman–Crippen LogP) is 2.30. The largest absolute Gasteiger partial charge is 0.330 e. The standard InChI is InChI=1S/C18H17ClN2O2/c1-12(13-5-3-2-4-6-13)20-16-11-17(22)21(18(16)23)15-9-7-14(19)8-10-15/h2-10,12,16,20H,11H2,1H3/p+1. The van der Waals surface area contributed by atoms with Crippen molar-refractivity contribution in [2.24, 2.45) is 0 Å². The zero-order valence-corrected chi connectivity index (χ0v) is 13.5. The van der Waals surface area contributed by atoms with E-state index in [4.69, 9.17) is 11.6 Å². The van der Waals surface area contributed by atoms with Crippen molar-refractivity contribution >= 4 is 29.1 Å². The molecule has 0 radical (unpaired) electrons. The third-order valence-corrected chi connectivity index (χ3v) is 4.36. The maximum atomic E-state index is 12.6. The number of imide groups is 1. The number of halogens is 1. The van der Waals surface area contributed by atoms with Gasteiger partial charge in [-0.2, -0.15) is 0 Å². The molecule has 0 spiro atoms. The number of nitrogens with two attached hydrogens (primary N) is 1. The van der Waals surface area contributed by atoms with E-state index in [9.17, 15) is 9.59 Å².